The van der Waals surface area contributed by atoms with Crippen molar-refractivity contribution in [3.05, 3.63) is 54.6 Å². The summed E-state index contributed by atoms with van der Waals surface area (Å²) >= 11 is 0. The number of nitrogens with zero attached hydrogens (tertiary/aromatic N) is 3. The van der Waals surface area contributed by atoms with E-state index in [0.717, 1.165) is 30.6 Å². The molecule has 4 heterocycles. The van der Waals surface area contributed by atoms with Crippen LogP contribution < -0.4 is 5.32 Å². The third-order valence-electron chi connectivity index (χ3n) is 4.24. The van der Waals surface area contributed by atoms with E-state index in [4.69, 9.17) is 0 Å². The number of hydrogen-bond donors (Lipinski definition) is 1. The first kappa shape index (κ1) is 14.3. The third-order valence-corrected chi connectivity index (χ3v) is 5.90. The fraction of sp³-hybridized carbons (Fsp3) is 0.250. The second-order valence-corrected chi connectivity index (χ2v) is 7.45. The summed E-state index contributed by atoms with van der Waals surface area (Å²) in [5.41, 5.74) is 2.35. The summed E-state index contributed by atoms with van der Waals surface area (Å²) in [6.07, 6.45) is 7.34. The van der Waals surface area contributed by atoms with Gasteiger partial charge in [-0.15, -0.1) is 0 Å². The number of fused-ring (bicyclic) bond motifs is 1. The van der Waals surface area contributed by atoms with E-state index in [1.165, 1.54) is 10.2 Å². The molecule has 4 rings (SSSR count). The number of pyridine rings is 2. The topological polar surface area (TPSA) is 76.9 Å². The van der Waals surface area contributed by atoms with Gasteiger partial charge in [0.1, 0.15) is 4.90 Å². The zero-order chi connectivity index (χ0) is 15.9. The molecule has 0 spiro atoms. The van der Waals surface area contributed by atoms with Crippen molar-refractivity contribution in [2.45, 2.75) is 17.2 Å². The highest BCUT2D eigenvalue weighted by Gasteiger charge is 2.26. The van der Waals surface area contributed by atoms with Crippen LogP contribution in [0.5, 0.6) is 0 Å². The Bertz CT molecular complexity index is 945. The molecule has 23 heavy (non-hydrogen) atoms. The van der Waals surface area contributed by atoms with Crippen molar-refractivity contribution < 1.29 is 8.42 Å². The summed E-state index contributed by atoms with van der Waals surface area (Å²) in [5.74, 6) is 0.290. The first-order valence-electron chi connectivity index (χ1n) is 7.50. The molecule has 0 bridgehead atoms. The van der Waals surface area contributed by atoms with E-state index >= 15 is 0 Å². The van der Waals surface area contributed by atoms with Crippen molar-refractivity contribution in [1.82, 2.24) is 19.3 Å². The lowest BCUT2D eigenvalue weighted by Crippen LogP contribution is -2.12. The van der Waals surface area contributed by atoms with Crippen LogP contribution in [0.15, 0.2) is 53.9 Å². The van der Waals surface area contributed by atoms with Crippen LogP contribution in [0.4, 0.5) is 0 Å². The van der Waals surface area contributed by atoms with E-state index < -0.39 is 10.0 Å². The molecule has 0 radical (unpaired) electrons. The molecule has 0 amide bonds. The SMILES string of the molecule is O=S(=O)(c1cccnc1)n1cc(C2CCNC2)c2ncccc21. The maximum atomic E-state index is 13.0. The van der Waals surface area contributed by atoms with Crippen molar-refractivity contribution in [1.29, 1.82) is 0 Å². The number of rotatable bonds is 3. The quantitative estimate of drug-likeness (QED) is 0.792. The van der Waals surface area contributed by atoms with Gasteiger partial charge in [-0.05, 0) is 37.2 Å². The Morgan fingerprint density at radius 3 is 2.83 bits per heavy atom. The van der Waals surface area contributed by atoms with E-state index in [1.807, 2.05) is 0 Å². The lowest BCUT2D eigenvalue weighted by atomic mass is 10.0. The Labute approximate surface area is 134 Å². The van der Waals surface area contributed by atoms with Crippen LogP contribution in [0.2, 0.25) is 0 Å². The van der Waals surface area contributed by atoms with Gasteiger partial charge in [-0.25, -0.2) is 12.4 Å². The molecule has 1 aliphatic heterocycles. The minimum atomic E-state index is -3.68. The van der Waals surface area contributed by atoms with Crippen molar-refractivity contribution in [2.75, 3.05) is 13.1 Å². The summed E-state index contributed by atoms with van der Waals surface area (Å²) in [7, 11) is -3.68. The van der Waals surface area contributed by atoms with Crippen LogP contribution >= 0.6 is 0 Å². The molecule has 1 aliphatic rings. The van der Waals surface area contributed by atoms with E-state index in [1.54, 1.807) is 42.9 Å². The van der Waals surface area contributed by atoms with Crippen LogP contribution in [0.1, 0.15) is 17.9 Å². The number of nitrogens with one attached hydrogen (secondary N) is 1. The van der Waals surface area contributed by atoms with E-state index in [-0.39, 0.29) is 10.8 Å². The Hall–Kier alpha value is -2.25. The average molecular weight is 328 g/mol. The lowest BCUT2D eigenvalue weighted by molar-refractivity contribution is 0.588. The maximum Gasteiger partial charge on any atom is 0.269 e. The zero-order valence-corrected chi connectivity index (χ0v) is 13.2. The second-order valence-electron chi connectivity index (χ2n) is 5.63. The lowest BCUT2D eigenvalue weighted by Gasteiger charge is -2.07. The molecule has 0 aliphatic carbocycles. The molecular formula is C16H16N4O2S. The van der Waals surface area contributed by atoms with E-state index in [0.29, 0.717) is 5.52 Å². The van der Waals surface area contributed by atoms with Gasteiger partial charge in [0.2, 0.25) is 0 Å². The van der Waals surface area contributed by atoms with Gasteiger partial charge in [0, 0.05) is 42.8 Å². The van der Waals surface area contributed by atoms with Crippen LogP contribution in [-0.4, -0.2) is 35.4 Å². The fourth-order valence-electron chi connectivity index (χ4n) is 3.09. The molecule has 1 N–H and O–H groups in total. The van der Waals surface area contributed by atoms with Gasteiger partial charge < -0.3 is 5.32 Å². The van der Waals surface area contributed by atoms with Gasteiger partial charge in [0.05, 0.1) is 11.0 Å². The van der Waals surface area contributed by atoms with Crippen molar-refractivity contribution in [2.24, 2.45) is 0 Å². The Morgan fingerprint density at radius 1 is 1.22 bits per heavy atom. The summed E-state index contributed by atoms with van der Waals surface area (Å²) in [4.78, 5) is 8.53. The molecule has 1 fully saturated rings. The van der Waals surface area contributed by atoms with Gasteiger partial charge in [-0.2, -0.15) is 0 Å². The summed E-state index contributed by atoms with van der Waals surface area (Å²) in [5, 5.41) is 3.32. The highest BCUT2D eigenvalue weighted by Crippen LogP contribution is 2.31. The normalized spacial score (nSPS) is 18.5. The highest BCUT2D eigenvalue weighted by atomic mass is 32.2. The molecule has 3 aromatic heterocycles. The first-order valence-corrected chi connectivity index (χ1v) is 8.94. The molecule has 1 saturated heterocycles. The fourth-order valence-corrected chi connectivity index (χ4v) is 4.42. The van der Waals surface area contributed by atoms with Gasteiger partial charge in [0.25, 0.3) is 10.0 Å². The van der Waals surface area contributed by atoms with Gasteiger partial charge in [-0.3, -0.25) is 9.97 Å². The molecular weight excluding hydrogens is 312 g/mol. The van der Waals surface area contributed by atoms with Gasteiger partial charge >= 0.3 is 0 Å². The van der Waals surface area contributed by atoms with Crippen LogP contribution in [0.25, 0.3) is 11.0 Å². The highest BCUT2D eigenvalue weighted by molar-refractivity contribution is 7.90. The Morgan fingerprint density at radius 2 is 2.09 bits per heavy atom. The van der Waals surface area contributed by atoms with Crippen LogP contribution in [0, 0.1) is 0 Å². The van der Waals surface area contributed by atoms with E-state index in [9.17, 15) is 8.42 Å². The standard InChI is InChI=1S/C16H16N4O2S/c21-23(22,13-3-1-6-17-10-13)20-11-14(12-5-8-18-9-12)16-15(20)4-2-7-19-16/h1-4,6-7,10-12,18H,5,8-9H2. The van der Waals surface area contributed by atoms with Crippen LogP contribution in [-0.2, 0) is 10.0 Å². The summed E-state index contributed by atoms with van der Waals surface area (Å²) in [6.45, 7) is 1.79. The van der Waals surface area contributed by atoms with Crippen molar-refractivity contribution in [3.63, 3.8) is 0 Å². The molecule has 1 atom stereocenters. The summed E-state index contributed by atoms with van der Waals surface area (Å²) in [6, 6.07) is 6.73. The minimum Gasteiger partial charge on any atom is -0.316 e. The number of aromatic nitrogens is 3. The van der Waals surface area contributed by atoms with Crippen molar-refractivity contribution in [3.8, 4) is 0 Å². The first-order chi connectivity index (χ1) is 11.2. The van der Waals surface area contributed by atoms with Crippen LogP contribution in [0.3, 0.4) is 0 Å². The van der Waals surface area contributed by atoms with Crippen molar-refractivity contribution >= 4 is 21.1 Å². The number of hydrogen-bond acceptors (Lipinski definition) is 5. The smallest absolute Gasteiger partial charge is 0.269 e. The molecule has 3 aromatic rings. The predicted molar refractivity (Wildman–Crippen MR) is 86.8 cm³/mol. The monoisotopic (exact) mass is 328 g/mol. The largest absolute Gasteiger partial charge is 0.316 e. The molecule has 0 aromatic carbocycles. The third kappa shape index (κ3) is 2.32. The molecule has 7 heteroatoms. The van der Waals surface area contributed by atoms with Gasteiger partial charge in [0.15, 0.2) is 0 Å². The van der Waals surface area contributed by atoms with Gasteiger partial charge in [-0.1, -0.05) is 0 Å². The second kappa shape index (κ2) is 5.43. The maximum absolute atomic E-state index is 13.0. The van der Waals surface area contributed by atoms with E-state index in [2.05, 4.69) is 15.3 Å². The molecule has 0 saturated carbocycles. The zero-order valence-electron chi connectivity index (χ0n) is 12.4. The minimum absolute atomic E-state index is 0.178. The Balaban J connectivity index is 1.94. The summed E-state index contributed by atoms with van der Waals surface area (Å²) < 4.78 is 27.2. The molecule has 6 nitrogen and oxygen atoms in total. The Kier molecular flexibility index (Phi) is 3.39. The molecule has 1 unspecified atom stereocenters. The average Bonchev–Trinajstić information content (AvgIpc) is 3.23. The molecule has 118 valence electrons. The predicted octanol–water partition coefficient (Wildman–Crippen LogP) is 1.75.